The molecule has 0 atom stereocenters. The van der Waals surface area contributed by atoms with Crippen LogP contribution in [0.1, 0.15) is 25.3 Å². The zero-order valence-corrected chi connectivity index (χ0v) is 16.1. The van der Waals surface area contributed by atoms with E-state index < -0.39 is 0 Å². The zero-order chi connectivity index (χ0) is 19.8. The first-order valence-corrected chi connectivity index (χ1v) is 9.66. The van der Waals surface area contributed by atoms with E-state index in [1.54, 1.807) is 36.4 Å². The summed E-state index contributed by atoms with van der Waals surface area (Å²) in [4.78, 5) is 26.2. The lowest BCUT2D eigenvalue weighted by Crippen LogP contribution is -2.29. The molecule has 1 aliphatic heterocycles. The van der Waals surface area contributed by atoms with Crippen LogP contribution in [0.5, 0.6) is 11.5 Å². The van der Waals surface area contributed by atoms with Crippen molar-refractivity contribution in [1.82, 2.24) is 4.90 Å². The molecule has 1 fully saturated rings. The number of rotatable bonds is 8. The molecule has 2 aromatic rings. The predicted molar refractivity (Wildman–Crippen MR) is 108 cm³/mol. The third-order valence-corrected chi connectivity index (χ3v) is 4.56. The number of nitrogens with one attached hydrogen (secondary N) is 1. The van der Waals surface area contributed by atoms with Gasteiger partial charge in [-0.05, 0) is 61.7 Å². The van der Waals surface area contributed by atoms with Gasteiger partial charge in [-0.2, -0.15) is 0 Å². The van der Waals surface area contributed by atoms with Crippen LogP contribution in [0.2, 0.25) is 0 Å². The Labute approximate surface area is 165 Å². The van der Waals surface area contributed by atoms with Gasteiger partial charge in [-0.3, -0.25) is 9.59 Å². The van der Waals surface area contributed by atoms with Crippen molar-refractivity contribution in [1.29, 1.82) is 0 Å². The predicted octanol–water partition coefficient (Wildman–Crippen LogP) is 3.27. The van der Waals surface area contributed by atoms with Crippen molar-refractivity contribution in [2.45, 2.75) is 26.2 Å². The average Bonchev–Trinajstić information content (AvgIpc) is 3.24. The lowest BCUT2D eigenvalue weighted by molar-refractivity contribution is -0.129. The van der Waals surface area contributed by atoms with Crippen molar-refractivity contribution in [3.05, 3.63) is 54.1 Å². The number of hydrogen-bond donors (Lipinski definition) is 1. The standard InChI is InChI=1S/C22H26N2O4/c1-2-27-19-9-11-20(12-10-19)28-16-21(25)23-18-7-5-17(6-8-18)15-22(26)24-13-3-4-14-24/h5-12H,2-4,13-16H2,1H3,(H,23,25). The summed E-state index contributed by atoms with van der Waals surface area (Å²) in [6, 6.07) is 14.5. The molecule has 148 valence electrons. The van der Waals surface area contributed by atoms with Gasteiger partial charge in [0.1, 0.15) is 11.5 Å². The summed E-state index contributed by atoms with van der Waals surface area (Å²) in [5.74, 6) is 1.30. The summed E-state index contributed by atoms with van der Waals surface area (Å²) in [6.45, 7) is 4.17. The molecule has 1 heterocycles. The number of amides is 2. The fourth-order valence-electron chi connectivity index (χ4n) is 3.10. The van der Waals surface area contributed by atoms with Crippen LogP contribution in [0.25, 0.3) is 0 Å². The molecule has 1 N–H and O–H groups in total. The van der Waals surface area contributed by atoms with E-state index in [1.807, 2.05) is 24.0 Å². The van der Waals surface area contributed by atoms with Crippen molar-refractivity contribution in [3.63, 3.8) is 0 Å². The van der Waals surface area contributed by atoms with Gasteiger partial charge in [-0.15, -0.1) is 0 Å². The molecule has 3 rings (SSSR count). The Morgan fingerprint density at radius 2 is 1.54 bits per heavy atom. The number of ether oxygens (including phenoxy) is 2. The maximum absolute atomic E-state index is 12.2. The Bertz CT molecular complexity index is 781. The Hall–Kier alpha value is -3.02. The molecule has 0 saturated carbocycles. The zero-order valence-electron chi connectivity index (χ0n) is 16.1. The summed E-state index contributed by atoms with van der Waals surface area (Å²) in [7, 11) is 0. The normalized spacial score (nSPS) is 13.2. The Kier molecular flexibility index (Phi) is 6.89. The monoisotopic (exact) mass is 382 g/mol. The molecule has 1 saturated heterocycles. The Morgan fingerprint density at radius 3 is 2.14 bits per heavy atom. The van der Waals surface area contributed by atoms with Crippen molar-refractivity contribution >= 4 is 17.5 Å². The SMILES string of the molecule is CCOc1ccc(OCC(=O)Nc2ccc(CC(=O)N3CCCC3)cc2)cc1. The number of anilines is 1. The van der Waals surface area contributed by atoms with Crippen LogP contribution in [0.3, 0.4) is 0 Å². The quantitative estimate of drug-likeness (QED) is 0.761. The minimum atomic E-state index is -0.241. The largest absolute Gasteiger partial charge is 0.494 e. The Balaban J connectivity index is 1.44. The number of hydrogen-bond acceptors (Lipinski definition) is 4. The highest BCUT2D eigenvalue weighted by molar-refractivity contribution is 5.92. The second-order valence-corrected chi connectivity index (χ2v) is 6.70. The molecular formula is C22H26N2O4. The molecule has 6 heteroatoms. The molecule has 0 unspecified atom stereocenters. The Morgan fingerprint density at radius 1 is 0.929 bits per heavy atom. The summed E-state index contributed by atoms with van der Waals surface area (Å²) < 4.78 is 10.9. The van der Waals surface area contributed by atoms with Crippen molar-refractivity contribution in [2.75, 3.05) is 31.6 Å². The third kappa shape index (κ3) is 5.74. The van der Waals surface area contributed by atoms with Crippen LogP contribution in [0.4, 0.5) is 5.69 Å². The van der Waals surface area contributed by atoms with E-state index in [0.717, 1.165) is 37.2 Å². The van der Waals surface area contributed by atoms with Crippen molar-refractivity contribution < 1.29 is 19.1 Å². The van der Waals surface area contributed by atoms with Crippen LogP contribution < -0.4 is 14.8 Å². The first kappa shape index (κ1) is 19.7. The maximum atomic E-state index is 12.2. The fourth-order valence-corrected chi connectivity index (χ4v) is 3.10. The topological polar surface area (TPSA) is 67.9 Å². The van der Waals surface area contributed by atoms with Crippen LogP contribution in [0.15, 0.2) is 48.5 Å². The smallest absolute Gasteiger partial charge is 0.262 e. The third-order valence-electron chi connectivity index (χ3n) is 4.56. The van der Waals surface area contributed by atoms with Crippen LogP contribution >= 0.6 is 0 Å². The summed E-state index contributed by atoms with van der Waals surface area (Å²) in [6.07, 6.45) is 2.58. The molecular weight excluding hydrogens is 356 g/mol. The van der Waals surface area contributed by atoms with Gasteiger partial charge in [0.25, 0.3) is 5.91 Å². The lowest BCUT2D eigenvalue weighted by Gasteiger charge is -2.15. The summed E-state index contributed by atoms with van der Waals surface area (Å²) in [5, 5.41) is 2.80. The van der Waals surface area contributed by atoms with Gasteiger partial charge in [-0.25, -0.2) is 0 Å². The minimum absolute atomic E-state index is 0.0802. The number of nitrogens with zero attached hydrogens (tertiary/aromatic N) is 1. The molecule has 2 amide bonds. The highest BCUT2D eigenvalue weighted by Gasteiger charge is 2.17. The first-order valence-electron chi connectivity index (χ1n) is 9.66. The molecule has 0 bridgehead atoms. The molecule has 2 aromatic carbocycles. The highest BCUT2D eigenvalue weighted by atomic mass is 16.5. The van der Waals surface area contributed by atoms with E-state index in [4.69, 9.17) is 9.47 Å². The van der Waals surface area contributed by atoms with Crippen LogP contribution in [-0.4, -0.2) is 43.0 Å². The molecule has 6 nitrogen and oxygen atoms in total. The summed E-state index contributed by atoms with van der Waals surface area (Å²) >= 11 is 0. The van der Waals surface area contributed by atoms with Gasteiger partial charge < -0.3 is 19.7 Å². The van der Waals surface area contributed by atoms with Gasteiger partial charge in [0.2, 0.25) is 5.91 Å². The number of likely N-dealkylation sites (tertiary alicyclic amines) is 1. The lowest BCUT2D eigenvalue weighted by atomic mass is 10.1. The second-order valence-electron chi connectivity index (χ2n) is 6.70. The molecule has 0 spiro atoms. The van der Waals surface area contributed by atoms with Crippen molar-refractivity contribution in [2.24, 2.45) is 0 Å². The van der Waals surface area contributed by atoms with Gasteiger partial charge in [0, 0.05) is 18.8 Å². The van der Waals surface area contributed by atoms with Gasteiger partial charge in [-0.1, -0.05) is 12.1 Å². The molecule has 28 heavy (non-hydrogen) atoms. The van der Waals surface area contributed by atoms with E-state index in [1.165, 1.54) is 0 Å². The average molecular weight is 382 g/mol. The number of benzene rings is 2. The van der Waals surface area contributed by atoms with Crippen LogP contribution in [0, 0.1) is 0 Å². The molecule has 0 aliphatic carbocycles. The number of carbonyl (C=O) groups excluding carboxylic acids is 2. The molecule has 0 radical (unpaired) electrons. The van der Waals surface area contributed by atoms with Crippen molar-refractivity contribution in [3.8, 4) is 11.5 Å². The van der Waals surface area contributed by atoms with E-state index in [9.17, 15) is 9.59 Å². The maximum Gasteiger partial charge on any atom is 0.262 e. The summed E-state index contributed by atoms with van der Waals surface area (Å²) in [5.41, 5.74) is 1.62. The van der Waals surface area contributed by atoms with Crippen LogP contribution in [-0.2, 0) is 16.0 Å². The number of carbonyl (C=O) groups is 2. The molecule has 1 aliphatic rings. The second kappa shape index (κ2) is 9.78. The van der Waals surface area contributed by atoms with Gasteiger partial charge in [0.05, 0.1) is 13.0 Å². The van der Waals surface area contributed by atoms with Gasteiger partial charge >= 0.3 is 0 Å². The van der Waals surface area contributed by atoms with Gasteiger partial charge in [0.15, 0.2) is 6.61 Å². The van der Waals surface area contributed by atoms with E-state index >= 15 is 0 Å². The van der Waals surface area contributed by atoms with E-state index in [2.05, 4.69) is 5.32 Å². The fraction of sp³-hybridized carbons (Fsp3) is 0.364. The first-order chi connectivity index (χ1) is 13.6. The van der Waals surface area contributed by atoms with E-state index in [0.29, 0.717) is 24.5 Å². The highest BCUT2D eigenvalue weighted by Crippen LogP contribution is 2.18. The minimum Gasteiger partial charge on any atom is -0.494 e. The van der Waals surface area contributed by atoms with E-state index in [-0.39, 0.29) is 18.4 Å². The molecule has 0 aromatic heterocycles.